The summed E-state index contributed by atoms with van der Waals surface area (Å²) in [6.45, 7) is 0.997. The van der Waals surface area contributed by atoms with E-state index in [1.54, 1.807) is 6.34 Å². The molecule has 1 unspecified atom stereocenters. The molecule has 0 radical (unpaired) electrons. The molecular weight excluding hydrogens is 703 g/mol. The number of guanidine groups is 2. The van der Waals surface area contributed by atoms with Crippen LogP contribution in [0.15, 0.2) is 189 Å². The molecule has 1 atom stereocenters. The second-order valence-corrected chi connectivity index (χ2v) is 14.6. The first-order valence-corrected chi connectivity index (χ1v) is 19.5. The minimum Gasteiger partial charge on any atom is -0.388 e. The molecule has 0 spiro atoms. The molecule has 2 N–H and O–H groups in total. The average molecular weight is 745 g/mol. The molecule has 0 amide bonds. The van der Waals surface area contributed by atoms with Crippen LogP contribution >= 0.6 is 0 Å². The molecule has 0 aromatic heterocycles. The van der Waals surface area contributed by atoms with Crippen molar-refractivity contribution in [3.8, 4) is 0 Å². The molecule has 4 aliphatic heterocycles. The van der Waals surface area contributed by atoms with Gasteiger partial charge in [-0.1, -0.05) is 78.9 Å². The number of hydrogen-bond acceptors (Lipinski definition) is 8. The molecule has 5 aromatic rings. The number of nitrogens with one attached hydrogen (secondary N) is 2. The monoisotopic (exact) mass is 744 g/mol. The summed E-state index contributed by atoms with van der Waals surface area (Å²) >= 11 is 0. The zero-order valence-electron chi connectivity index (χ0n) is 31.9. The van der Waals surface area contributed by atoms with Crippen molar-refractivity contribution < 1.29 is 0 Å². The number of rotatable bonds is 10. The van der Waals surface area contributed by atoms with Crippen LogP contribution in [0.25, 0.3) is 5.70 Å². The molecule has 57 heavy (non-hydrogen) atoms. The van der Waals surface area contributed by atoms with E-state index in [1.165, 1.54) is 22.6 Å². The molecule has 0 bridgehead atoms. The van der Waals surface area contributed by atoms with Crippen LogP contribution in [0.3, 0.4) is 0 Å². The molecule has 278 valence electrons. The lowest BCUT2D eigenvalue weighted by Crippen LogP contribution is -2.40. The Hall–Kier alpha value is -7.10. The number of aliphatic imine (C=N–C) groups is 4. The van der Waals surface area contributed by atoms with Crippen LogP contribution in [0.1, 0.15) is 35.6 Å². The highest BCUT2D eigenvalue weighted by atomic mass is 15.5. The normalized spacial score (nSPS) is 18.6. The van der Waals surface area contributed by atoms with Gasteiger partial charge in [0.25, 0.3) is 0 Å². The molecule has 10 rings (SSSR count). The number of hydrogen-bond donors (Lipinski definition) is 2. The molecule has 5 aliphatic rings. The van der Waals surface area contributed by atoms with Crippen LogP contribution in [-0.4, -0.2) is 49.5 Å². The van der Waals surface area contributed by atoms with Gasteiger partial charge in [-0.25, -0.2) is 29.4 Å². The van der Waals surface area contributed by atoms with E-state index in [4.69, 9.17) is 9.98 Å². The average Bonchev–Trinajstić information content (AvgIpc) is 4.05. The van der Waals surface area contributed by atoms with E-state index in [0.29, 0.717) is 18.0 Å². The Bertz CT molecular complexity index is 2590. The Labute approximate surface area is 333 Å². The summed E-state index contributed by atoms with van der Waals surface area (Å²) in [6.07, 6.45) is 14.3. The topological polar surface area (TPSA) is 80.0 Å². The summed E-state index contributed by atoms with van der Waals surface area (Å²) in [5.74, 6) is 1.08. The van der Waals surface area contributed by atoms with Crippen molar-refractivity contribution in [2.45, 2.75) is 18.9 Å². The van der Waals surface area contributed by atoms with Gasteiger partial charge < -0.3 is 15.5 Å². The highest BCUT2D eigenvalue weighted by Crippen LogP contribution is 2.56. The summed E-state index contributed by atoms with van der Waals surface area (Å²) in [4.78, 5) is 23.6. The Balaban J connectivity index is 1.00. The van der Waals surface area contributed by atoms with Gasteiger partial charge in [0.05, 0.1) is 17.1 Å². The number of nitrogens with zero attached hydrogens (tertiary/aromatic N) is 7. The SMILES string of the molecule is CNc1cc(N(C2=CC=CCC2)c2ccccc2)ccc1C1=CC2=CC(c3ccc(C4C[N+]4(c4ccccc4)c4ccccc4)cc3NC)=NC3=NC=NC(=N1)N23. The molecule has 1 saturated heterocycles. The van der Waals surface area contributed by atoms with Crippen molar-refractivity contribution >= 4 is 63.8 Å². The maximum absolute atomic E-state index is 5.06. The lowest BCUT2D eigenvalue weighted by atomic mass is 9.99. The minimum atomic E-state index is 0.295. The van der Waals surface area contributed by atoms with Crippen molar-refractivity contribution in [1.29, 1.82) is 0 Å². The van der Waals surface area contributed by atoms with Crippen molar-refractivity contribution in [2.75, 3.05) is 36.2 Å². The van der Waals surface area contributed by atoms with Crippen molar-refractivity contribution in [3.63, 3.8) is 0 Å². The molecule has 9 heteroatoms. The van der Waals surface area contributed by atoms with Crippen molar-refractivity contribution in [3.05, 3.63) is 186 Å². The summed E-state index contributed by atoms with van der Waals surface area (Å²) in [7, 11) is 3.94. The van der Waals surface area contributed by atoms with E-state index >= 15 is 0 Å². The van der Waals surface area contributed by atoms with Crippen LogP contribution < -0.4 is 20.0 Å². The van der Waals surface area contributed by atoms with Gasteiger partial charge in [-0.2, -0.15) is 0 Å². The van der Waals surface area contributed by atoms with E-state index < -0.39 is 0 Å². The van der Waals surface area contributed by atoms with Gasteiger partial charge in [0.1, 0.15) is 24.3 Å². The van der Waals surface area contributed by atoms with Crippen LogP contribution in [0.4, 0.5) is 34.1 Å². The van der Waals surface area contributed by atoms with Gasteiger partial charge in [0, 0.05) is 59.2 Å². The predicted octanol–water partition coefficient (Wildman–Crippen LogP) is 10.3. The van der Waals surface area contributed by atoms with Crippen LogP contribution in [0.2, 0.25) is 0 Å². The lowest BCUT2D eigenvalue weighted by Gasteiger charge is -2.32. The number of allylic oxidation sites excluding steroid dienone is 6. The summed E-state index contributed by atoms with van der Waals surface area (Å²) < 4.78 is 0.797. The number of quaternary nitrogens is 1. The fourth-order valence-electron chi connectivity index (χ4n) is 8.56. The largest absolute Gasteiger partial charge is 0.388 e. The predicted molar refractivity (Wildman–Crippen MR) is 237 cm³/mol. The maximum Gasteiger partial charge on any atom is 0.239 e. The Morgan fingerprint density at radius 3 is 2.11 bits per heavy atom. The molecule has 9 nitrogen and oxygen atoms in total. The van der Waals surface area contributed by atoms with E-state index in [-0.39, 0.29) is 0 Å². The standard InChI is InChI=1S/C48H42N9/c1-49-42-27-33(46-31-57(46,38-19-11-5-12-20-38)39-21-13-6-14-22-39)23-25-40(42)44-29-37-30-45(54-48-52-32-51-47(53-44)56(37)48)41-26-24-36(28-43(41)50-2)55(34-15-7-3-8-16-34)35-17-9-4-10-18-35/h3-9,11-17,19-30,32,46,49-50H,10,18,31H2,1-2H3/q+1. The van der Waals surface area contributed by atoms with E-state index in [2.05, 4.69) is 183 Å². The van der Waals surface area contributed by atoms with Crippen molar-refractivity contribution in [2.24, 2.45) is 20.0 Å². The van der Waals surface area contributed by atoms with Gasteiger partial charge in [-0.15, -0.1) is 0 Å². The van der Waals surface area contributed by atoms with Gasteiger partial charge in [0.2, 0.25) is 11.9 Å². The summed E-state index contributed by atoms with van der Waals surface area (Å²) in [5.41, 5.74) is 13.8. The van der Waals surface area contributed by atoms with E-state index in [9.17, 15) is 0 Å². The number of anilines is 4. The van der Waals surface area contributed by atoms with Crippen LogP contribution in [0.5, 0.6) is 0 Å². The van der Waals surface area contributed by atoms with Crippen LogP contribution in [0, 0.1) is 0 Å². The third-order valence-electron chi connectivity index (χ3n) is 11.4. The lowest BCUT2D eigenvalue weighted by molar-refractivity contribution is 0.675. The third-order valence-corrected chi connectivity index (χ3v) is 11.4. The third kappa shape index (κ3) is 6.00. The van der Waals surface area contributed by atoms with Gasteiger partial charge in [-0.3, -0.25) is 0 Å². The van der Waals surface area contributed by atoms with E-state index in [1.807, 2.05) is 19.0 Å². The number of para-hydroxylation sites is 3. The highest BCUT2D eigenvalue weighted by Gasteiger charge is 2.59. The smallest absolute Gasteiger partial charge is 0.239 e. The maximum atomic E-state index is 5.06. The first-order valence-electron chi connectivity index (χ1n) is 19.5. The Morgan fingerprint density at radius 1 is 0.702 bits per heavy atom. The van der Waals surface area contributed by atoms with Crippen molar-refractivity contribution in [1.82, 2.24) is 9.38 Å². The summed E-state index contributed by atoms with van der Waals surface area (Å²) in [5, 5.41) is 6.96. The second-order valence-electron chi connectivity index (χ2n) is 14.6. The van der Waals surface area contributed by atoms with Crippen LogP contribution in [-0.2, 0) is 0 Å². The first-order chi connectivity index (χ1) is 28.1. The summed E-state index contributed by atoms with van der Waals surface area (Å²) in [6, 6.07) is 45.8. The fourth-order valence-corrected chi connectivity index (χ4v) is 8.56. The van der Waals surface area contributed by atoms with Gasteiger partial charge >= 0.3 is 0 Å². The Kier molecular flexibility index (Phi) is 8.57. The van der Waals surface area contributed by atoms with Gasteiger partial charge in [-0.05, 0) is 91.7 Å². The molecule has 0 saturated carbocycles. The minimum absolute atomic E-state index is 0.295. The quantitative estimate of drug-likeness (QED) is 0.110. The first kappa shape index (κ1) is 34.4. The van der Waals surface area contributed by atoms with Gasteiger partial charge in [0.15, 0.2) is 6.04 Å². The Morgan fingerprint density at radius 2 is 1.40 bits per heavy atom. The second kappa shape index (κ2) is 14.2. The van der Waals surface area contributed by atoms with E-state index in [0.717, 1.165) is 74.9 Å². The fraction of sp³-hybridized carbons (Fsp3) is 0.125. The molecule has 1 fully saturated rings. The molecular formula is C48H42N9+. The molecule has 4 heterocycles. The molecule has 1 aliphatic carbocycles. The molecule has 5 aromatic carbocycles. The highest BCUT2D eigenvalue weighted by molar-refractivity contribution is 6.24. The number of benzene rings is 5. The zero-order valence-corrected chi connectivity index (χ0v) is 31.9. The zero-order chi connectivity index (χ0) is 38.3.